The third-order valence-corrected chi connectivity index (χ3v) is 11.4. The van der Waals surface area contributed by atoms with E-state index < -0.39 is 52.0 Å². The average Bonchev–Trinajstić information content (AvgIpc) is 3.33. The molecule has 1 aromatic heterocycles. The molecule has 2 heterocycles. The number of aliphatic hydroxyl groups is 2. The van der Waals surface area contributed by atoms with Gasteiger partial charge < -0.3 is 30.7 Å². The molecule has 3 aromatic rings. The van der Waals surface area contributed by atoms with Crippen molar-refractivity contribution in [3.63, 3.8) is 0 Å². The fourth-order valence-electron chi connectivity index (χ4n) is 5.58. The number of carbonyl (C=O) groups excluding carboxylic acids is 1. The number of carboxylic acids is 1. The zero-order chi connectivity index (χ0) is 35.4. The van der Waals surface area contributed by atoms with Gasteiger partial charge in [0.15, 0.2) is 18.6 Å². The Morgan fingerprint density at radius 3 is 2.58 bits per heavy atom. The summed E-state index contributed by atoms with van der Waals surface area (Å²) in [7, 11) is -4.01. The van der Waals surface area contributed by atoms with E-state index in [1.54, 1.807) is 39.0 Å². The second-order valence-corrected chi connectivity index (χ2v) is 15.2. The zero-order valence-electron chi connectivity index (χ0n) is 26.4. The van der Waals surface area contributed by atoms with Gasteiger partial charge in [-0.3, -0.25) is 5.21 Å². The van der Waals surface area contributed by atoms with E-state index in [-0.39, 0.29) is 46.0 Å². The first-order chi connectivity index (χ1) is 22.5. The minimum absolute atomic E-state index is 0.0370. The second kappa shape index (κ2) is 15.4. The maximum atomic E-state index is 14.8. The number of nitrogens with zero attached hydrogens (tertiary/aromatic N) is 2. The number of aliphatic hydroxyl groups excluding tert-OH is 1. The van der Waals surface area contributed by atoms with Crippen LogP contribution >= 0.6 is 22.9 Å². The Morgan fingerprint density at radius 2 is 1.94 bits per heavy atom. The number of carbonyl (C=O) groups is 2. The van der Waals surface area contributed by atoms with Gasteiger partial charge in [0.1, 0.15) is 15.7 Å². The molecule has 262 valence electrons. The molecule has 0 spiro atoms. The van der Waals surface area contributed by atoms with Crippen molar-refractivity contribution in [2.75, 3.05) is 30.3 Å². The van der Waals surface area contributed by atoms with E-state index in [4.69, 9.17) is 21.4 Å². The second-order valence-electron chi connectivity index (χ2n) is 11.9. The third-order valence-electron chi connectivity index (χ3n) is 7.65. The molecule has 6 N–H and O–H groups in total. The molecular formula is C31H38ClFN4O9S2. The Kier molecular flexibility index (Phi) is 11.9. The van der Waals surface area contributed by atoms with Crippen molar-refractivity contribution < 1.29 is 47.7 Å². The van der Waals surface area contributed by atoms with Crippen LogP contribution in [0.5, 0.6) is 5.75 Å². The van der Waals surface area contributed by atoms with Crippen molar-refractivity contribution in [1.82, 2.24) is 9.37 Å². The Bertz CT molecular complexity index is 1750. The molecule has 1 aliphatic heterocycles. The smallest absolute Gasteiger partial charge is 0.345 e. The first kappa shape index (κ1) is 37.3. The van der Waals surface area contributed by atoms with E-state index in [9.17, 15) is 37.8 Å². The van der Waals surface area contributed by atoms with Crippen molar-refractivity contribution in [2.24, 2.45) is 0 Å². The molecule has 4 rings (SSSR count). The summed E-state index contributed by atoms with van der Waals surface area (Å²) in [6.07, 6.45) is -0.573. The number of sulfonamides is 1. The lowest BCUT2D eigenvalue weighted by Crippen LogP contribution is -2.55. The molecule has 2 amide bonds. The van der Waals surface area contributed by atoms with Crippen LogP contribution in [0.1, 0.15) is 56.8 Å². The molecule has 0 radical (unpaired) electrons. The fourth-order valence-corrected chi connectivity index (χ4v) is 9.01. The number of thiophene rings is 1. The molecule has 48 heavy (non-hydrogen) atoms. The van der Waals surface area contributed by atoms with Crippen LogP contribution in [0.2, 0.25) is 5.02 Å². The van der Waals surface area contributed by atoms with E-state index >= 15 is 0 Å². The molecule has 1 atom stereocenters. The summed E-state index contributed by atoms with van der Waals surface area (Å²) in [5.41, 5.74) is 0.462. The van der Waals surface area contributed by atoms with Gasteiger partial charge in [-0.05, 0) is 69.0 Å². The van der Waals surface area contributed by atoms with Crippen LogP contribution < -0.4 is 15.4 Å². The largest absolute Gasteiger partial charge is 0.479 e. The zero-order valence-corrected chi connectivity index (χ0v) is 28.8. The summed E-state index contributed by atoms with van der Waals surface area (Å²) in [5.74, 6) is -2.75. The lowest BCUT2D eigenvalue weighted by atomic mass is 9.89. The highest BCUT2D eigenvalue weighted by Crippen LogP contribution is 2.48. The molecule has 2 aromatic carbocycles. The number of anilines is 2. The lowest BCUT2D eigenvalue weighted by molar-refractivity contribution is -0.139. The number of halogens is 2. The van der Waals surface area contributed by atoms with Crippen LogP contribution in [-0.4, -0.2) is 81.6 Å². The Labute approximate surface area is 286 Å². The number of carboxylic acid groups (broad SMARTS) is 1. The number of nitrogens with one attached hydrogen (secondary N) is 2. The van der Waals surface area contributed by atoms with Crippen molar-refractivity contribution >= 4 is 56.3 Å². The number of amides is 2. The topological polar surface area (TPSA) is 189 Å². The lowest BCUT2D eigenvalue weighted by Gasteiger charge is -2.45. The van der Waals surface area contributed by atoms with Crippen molar-refractivity contribution in [3.8, 4) is 16.2 Å². The summed E-state index contributed by atoms with van der Waals surface area (Å²) in [4.78, 5) is 23.6. The first-order valence-corrected chi connectivity index (χ1v) is 17.8. The Hall–Kier alpha value is -3.51. The molecule has 0 bridgehead atoms. The number of urea groups is 1. The predicted molar refractivity (Wildman–Crippen MR) is 179 cm³/mol. The van der Waals surface area contributed by atoms with Gasteiger partial charge in [-0.25, -0.2) is 27.5 Å². The van der Waals surface area contributed by atoms with Crippen LogP contribution in [0, 0.1) is 5.82 Å². The monoisotopic (exact) mass is 728 g/mol. The summed E-state index contributed by atoms with van der Waals surface area (Å²) in [6.45, 7) is 4.88. The molecule has 1 saturated heterocycles. The van der Waals surface area contributed by atoms with Gasteiger partial charge >= 0.3 is 12.0 Å². The number of hydrogen-bond donors (Lipinski definition) is 6. The van der Waals surface area contributed by atoms with Gasteiger partial charge in [-0.2, -0.15) is 4.31 Å². The number of hydrogen-bond acceptors (Lipinski definition) is 10. The summed E-state index contributed by atoms with van der Waals surface area (Å²) in [6, 6.07) is 9.74. The molecule has 0 aliphatic carbocycles. The van der Waals surface area contributed by atoms with Gasteiger partial charge in [0.2, 0.25) is 10.0 Å². The van der Waals surface area contributed by atoms with E-state index in [1.165, 1.54) is 16.4 Å². The van der Waals surface area contributed by atoms with Gasteiger partial charge in [0.05, 0.1) is 10.6 Å². The molecule has 1 aliphatic rings. The van der Waals surface area contributed by atoms with E-state index in [1.807, 2.05) is 6.07 Å². The van der Waals surface area contributed by atoms with Crippen molar-refractivity contribution in [3.05, 3.63) is 63.7 Å². The highest BCUT2D eigenvalue weighted by molar-refractivity contribution is 7.88. The minimum Gasteiger partial charge on any atom is -0.479 e. The third kappa shape index (κ3) is 8.93. The minimum atomic E-state index is -4.01. The number of benzene rings is 2. The van der Waals surface area contributed by atoms with Crippen molar-refractivity contribution in [2.45, 2.75) is 63.7 Å². The molecule has 0 unspecified atom stereocenters. The molecule has 0 saturated carbocycles. The molecule has 17 heteroatoms. The van der Waals surface area contributed by atoms with Gasteiger partial charge in [-0.15, -0.1) is 11.3 Å². The normalized spacial score (nSPS) is 16.5. The molecule has 1 fully saturated rings. The van der Waals surface area contributed by atoms with Gasteiger partial charge in [0, 0.05) is 41.6 Å². The average molecular weight is 729 g/mol. The number of aliphatic carboxylic acids is 1. The summed E-state index contributed by atoms with van der Waals surface area (Å²) >= 11 is 7.44. The predicted octanol–water partition coefficient (Wildman–Crippen LogP) is 5.47. The van der Waals surface area contributed by atoms with Gasteiger partial charge in [-0.1, -0.05) is 30.7 Å². The standard InChI is InChI=1S/C31H38ClFN4O9S2/c1-4-11-36(43)30(42)35-21-8-9-23(33)19(14-21)17-48(44,45)37-12-10-22(15-31(37,2)3)34-20-7-5-6-18(13-20)27-25(32)26(46-16-24(38)39)28(47-27)29(40)41/h5-9,13-14,22,29,34,40-41,43H,4,10-12,15-17H2,1-3H3,(H,35,42)(H,38,39)/t22-/m1/s1. The Morgan fingerprint density at radius 1 is 1.21 bits per heavy atom. The highest BCUT2D eigenvalue weighted by Gasteiger charge is 2.42. The number of hydroxylamine groups is 2. The van der Waals surface area contributed by atoms with Gasteiger partial charge in [0.25, 0.3) is 0 Å². The maximum absolute atomic E-state index is 14.8. The van der Waals surface area contributed by atoms with Crippen LogP contribution in [0.3, 0.4) is 0 Å². The SMILES string of the molecule is CCCN(O)C(=O)Nc1ccc(F)c(CS(=O)(=O)N2CC[C@@H](Nc3cccc(-c4sc(C(O)O)c(OCC(=O)O)c4Cl)c3)CC2(C)C)c1. The number of rotatable bonds is 13. The fraction of sp³-hybridized carbons (Fsp3) is 0.419. The molecular weight excluding hydrogens is 691 g/mol. The molecule has 13 nitrogen and oxygen atoms in total. The van der Waals surface area contributed by atoms with Crippen molar-refractivity contribution in [1.29, 1.82) is 0 Å². The number of ether oxygens (including phenoxy) is 1. The summed E-state index contributed by atoms with van der Waals surface area (Å²) in [5, 5.41) is 44.8. The van der Waals surface area contributed by atoms with Crippen LogP contribution in [-0.2, 0) is 20.6 Å². The van der Waals surface area contributed by atoms with Crippen LogP contribution in [0.15, 0.2) is 42.5 Å². The van der Waals surface area contributed by atoms with E-state index in [0.717, 1.165) is 17.4 Å². The van der Waals surface area contributed by atoms with Crippen LogP contribution in [0.25, 0.3) is 10.4 Å². The van der Waals surface area contributed by atoms with E-state index in [0.29, 0.717) is 40.5 Å². The Balaban J connectivity index is 1.46. The maximum Gasteiger partial charge on any atom is 0.345 e. The van der Waals surface area contributed by atoms with E-state index in [2.05, 4.69) is 10.6 Å². The number of piperidine rings is 1. The quantitative estimate of drug-likeness (QED) is 0.0748. The highest BCUT2D eigenvalue weighted by atomic mass is 35.5. The van der Waals surface area contributed by atoms with Crippen LogP contribution in [0.4, 0.5) is 20.6 Å². The summed E-state index contributed by atoms with van der Waals surface area (Å²) < 4.78 is 48.6. The first-order valence-electron chi connectivity index (χ1n) is 15.0.